The standard InChI is InChI=1S/C15H22N2O/c1-11-5-6-13(12(2)9-11)17-14(18)15(10-16)7-3-4-8-15/h5-6,9H,3-4,7-8,10,16H2,1-2H3,(H,17,18). The molecule has 1 aliphatic rings. The molecule has 0 atom stereocenters. The Balaban J connectivity index is 2.15. The van der Waals surface area contributed by atoms with Gasteiger partial charge in [-0.15, -0.1) is 0 Å². The first-order valence-electron chi connectivity index (χ1n) is 6.66. The maximum absolute atomic E-state index is 12.4. The highest BCUT2D eigenvalue weighted by molar-refractivity contribution is 5.96. The minimum absolute atomic E-state index is 0.0921. The zero-order valence-electron chi connectivity index (χ0n) is 11.3. The molecule has 0 heterocycles. The van der Waals surface area contributed by atoms with Crippen molar-refractivity contribution in [2.45, 2.75) is 39.5 Å². The van der Waals surface area contributed by atoms with Gasteiger partial charge in [-0.1, -0.05) is 30.5 Å². The number of carbonyl (C=O) groups excluding carboxylic acids is 1. The van der Waals surface area contributed by atoms with Gasteiger partial charge in [-0.25, -0.2) is 0 Å². The molecule has 3 nitrogen and oxygen atoms in total. The largest absolute Gasteiger partial charge is 0.329 e. The summed E-state index contributed by atoms with van der Waals surface area (Å²) in [5, 5.41) is 3.05. The van der Waals surface area contributed by atoms with E-state index in [0.29, 0.717) is 6.54 Å². The quantitative estimate of drug-likeness (QED) is 0.861. The van der Waals surface area contributed by atoms with E-state index in [1.165, 1.54) is 5.56 Å². The van der Waals surface area contributed by atoms with E-state index >= 15 is 0 Å². The Morgan fingerprint density at radius 1 is 1.33 bits per heavy atom. The van der Waals surface area contributed by atoms with Gasteiger partial charge in [0.2, 0.25) is 5.91 Å². The van der Waals surface area contributed by atoms with Crippen LogP contribution in [0.1, 0.15) is 36.8 Å². The van der Waals surface area contributed by atoms with Crippen LogP contribution >= 0.6 is 0 Å². The summed E-state index contributed by atoms with van der Waals surface area (Å²) in [5.74, 6) is 0.0921. The molecule has 18 heavy (non-hydrogen) atoms. The van der Waals surface area contributed by atoms with Crippen LogP contribution in [0.4, 0.5) is 5.69 Å². The first kappa shape index (κ1) is 13.1. The minimum atomic E-state index is -0.336. The van der Waals surface area contributed by atoms with Crippen molar-refractivity contribution < 1.29 is 4.79 Å². The lowest BCUT2D eigenvalue weighted by atomic mass is 9.85. The molecule has 3 N–H and O–H groups in total. The Hall–Kier alpha value is -1.35. The van der Waals surface area contributed by atoms with Crippen molar-refractivity contribution in [2.24, 2.45) is 11.1 Å². The van der Waals surface area contributed by atoms with Crippen molar-refractivity contribution in [2.75, 3.05) is 11.9 Å². The van der Waals surface area contributed by atoms with Gasteiger partial charge >= 0.3 is 0 Å². The summed E-state index contributed by atoms with van der Waals surface area (Å²) in [5.41, 5.74) is 8.71. The molecule has 2 rings (SSSR count). The van der Waals surface area contributed by atoms with Crippen LogP contribution < -0.4 is 11.1 Å². The number of anilines is 1. The van der Waals surface area contributed by atoms with E-state index in [9.17, 15) is 4.79 Å². The zero-order chi connectivity index (χ0) is 13.2. The highest BCUT2D eigenvalue weighted by Crippen LogP contribution is 2.38. The Labute approximate surface area is 109 Å². The number of hydrogen-bond donors (Lipinski definition) is 2. The van der Waals surface area contributed by atoms with Crippen molar-refractivity contribution in [3.05, 3.63) is 29.3 Å². The topological polar surface area (TPSA) is 55.1 Å². The van der Waals surface area contributed by atoms with E-state index in [1.807, 2.05) is 19.1 Å². The molecule has 0 radical (unpaired) electrons. The molecule has 0 spiro atoms. The van der Waals surface area contributed by atoms with Gasteiger partial charge < -0.3 is 11.1 Å². The Kier molecular flexibility index (Phi) is 3.71. The van der Waals surface area contributed by atoms with Crippen LogP contribution in [0.25, 0.3) is 0 Å². The lowest BCUT2D eigenvalue weighted by Gasteiger charge is -2.26. The molecule has 1 aromatic carbocycles. The van der Waals surface area contributed by atoms with Gasteiger partial charge in [0.1, 0.15) is 0 Å². The van der Waals surface area contributed by atoms with Crippen molar-refractivity contribution in [1.29, 1.82) is 0 Å². The summed E-state index contributed by atoms with van der Waals surface area (Å²) in [7, 11) is 0. The summed E-state index contributed by atoms with van der Waals surface area (Å²) < 4.78 is 0. The van der Waals surface area contributed by atoms with Crippen LogP contribution in [0, 0.1) is 19.3 Å². The van der Waals surface area contributed by atoms with E-state index in [-0.39, 0.29) is 11.3 Å². The molecule has 0 bridgehead atoms. The number of nitrogens with two attached hydrogens (primary N) is 1. The predicted octanol–water partition coefficient (Wildman–Crippen LogP) is 2.76. The molecule has 0 aliphatic heterocycles. The SMILES string of the molecule is Cc1ccc(NC(=O)C2(CN)CCCC2)c(C)c1. The lowest BCUT2D eigenvalue weighted by Crippen LogP contribution is -2.40. The highest BCUT2D eigenvalue weighted by atomic mass is 16.2. The average molecular weight is 246 g/mol. The van der Waals surface area contributed by atoms with E-state index in [1.54, 1.807) is 0 Å². The second kappa shape index (κ2) is 5.11. The summed E-state index contributed by atoms with van der Waals surface area (Å²) in [6, 6.07) is 6.08. The number of amides is 1. The fourth-order valence-electron chi connectivity index (χ4n) is 2.78. The Bertz CT molecular complexity index is 448. The number of rotatable bonds is 3. The predicted molar refractivity (Wildman–Crippen MR) is 74.5 cm³/mol. The fraction of sp³-hybridized carbons (Fsp3) is 0.533. The molecule has 1 aromatic rings. The molecule has 3 heteroatoms. The van der Waals surface area contributed by atoms with Crippen LogP contribution in [0.2, 0.25) is 0 Å². The van der Waals surface area contributed by atoms with E-state index in [0.717, 1.165) is 36.9 Å². The molecule has 1 fully saturated rings. The smallest absolute Gasteiger partial charge is 0.231 e. The average Bonchev–Trinajstić information content (AvgIpc) is 2.82. The molecule has 0 aromatic heterocycles. The summed E-state index contributed by atoms with van der Waals surface area (Å²) in [6.45, 7) is 4.52. The zero-order valence-corrected chi connectivity index (χ0v) is 11.3. The van der Waals surface area contributed by atoms with E-state index < -0.39 is 0 Å². The molecule has 1 amide bonds. The van der Waals surface area contributed by atoms with Crippen LogP contribution in [-0.2, 0) is 4.79 Å². The van der Waals surface area contributed by atoms with Gasteiger partial charge in [0.05, 0.1) is 5.41 Å². The number of aryl methyl sites for hydroxylation is 2. The highest BCUT2D eigenvalue weighted by Gasteiger charge is 2.39. The first-order chi connectivity index (χ1) is 8.57. The Morgan fingerprint density at radius 3 is 2.56 bits per heavy atom. The van der Waals surface area contributed by atoms with Crippen molar-refractivity contribution in [3.63, 3.8) is 0 Å². The second-order valence-electron chi connectivity index (χ2n) is 5.46. The molecule has 98 valence electrons. The van der Waals surface area contributed by atoms with Crippen LogP contribution in [-0.4, -0.2) is 12.5 Å². The lowest BCUT2D eigenvalue weighted by molar-refractivity contribution is -0.124. The van der Waals surface area contributed by atoms with E-state index in [2.05, 4.69) is 18.3 Å². The minimum Gasteiger partial charge on any atom is -0.329 e. The monoisotopic (exact) mass is 246 g/mol. The third kappa shape index (κ3) is 2.41. The first-order valence-corrected chi connectivity index (χ1v) is 6.66. The van der Waals surface area contributed by atoms with Crippen LogP contribution in [0.5, 0.6) is 0 Å². The molecule has 0 saturated heterocycles. The summed E-state index contributed by atoms with van der Waals surface area (Å²) >= 11 is 0. The summed E-state index contributed by atoms with van der Waals surface area (Å²) in [6.07, 6.45) is 4.05. The Morgan fingerprint density at radius 2 is 2.00 bits per heavy atom. The molecule has 0 unspecified atom stereocenters. The normalized spacial score (nSPS) is 17.7. The molecule has 1 saturated carbocycles. The third-order valence-electron chi connectivity index (χ3n) is 4.06. The van der Waals surface area contributed by atoms with Gasteiger partial charge in [-0.2, -0.15) is 0 Å². The van der Waals surface area contributed by atoms with Gasteiger partial charge in [0.25, 0.3) is 0 Å². The number of benzene rings is 1. The third-order valence-corrected chi connectivity index (χ3v) is 4.06. The number of nitrogens with one attached hydrogen (secondary N) is 1. The van der Waals surface area contributed by atoms with E-state index in [4.69, 9.17) is 5.73 Å². The van der Waals surface area contributed by atoms with Gasteiger partial charge in [0, 0.05) is 12.2 Å². The maximum Gasteiger partial charge on any atom is 0.231 e. The number of hydrogen-bond acceptors (Lipinski definition) is 2. The molecular weight excluding hydrogens is 224 g/mol. The van der Waals surface area contributed by atoms with Crippen LogP contribution in [0.15, 0.2) is 18.2 Å². The van der Waals surface area contributed by atoms with Crippen LogP contribution in [0.3, 0.4) is 0 Å². The van der Waals surface area contributed by atoms with Crippen molar-refractivity contribution in [1.82, 2.24) is 0 Å². The van der Waals surface area contributed by atoms with Crippen molar-refractivity contribution >= 4 is 11.6 Å². The molecule has 1 aliphatic carbocycles. The molecular formula is C15H22N2O. The van der Waals surface area contributed by atoms with Gasteiger partial charge in [-0.05, 0) is 38.3 Å². The fourth-order valence-corrected chi connectivity index (χ4v) is 2.78. The van der Waals surface area contributed by atoms with Gasteiger partial charge in [0.15, 0.2) is 0 Å². The van der Waals surface area contributed by atoms with Crippen molar-refractivity contribution in [3.8, 4) is 0 Å². The maximum atomic E-state index is 12.4. The second-order valence-corrected chi connectivity index (χ2v) is 5.46. The number of carbonyl (C=O) groups is 1. The van der Waals surface area contributed by atoms with Gasteiger partial charge in [-0.3, -0.25) is 4.79 Å². The summed E-state index contributed by atoms with van der Waals surface area (Å²) in [4.78, 5) is 12.4.